The number of halogens is 2. The molecule has 1 amide bonds. The lowest BCUT2D eigenvalue weighted by Gasteiger charge is -2.23. The van der Waals surface area contributed by atoms with E-state index in [9.17, 15) is 4.79 Å². The van der Waals surface area contributed by atoms with E-state index in [1.807, 2.05) is 37.1 Å². The van der Waals surface area contributed by atoms with Crippen LogP contribution in [0.2, 0.25) is 5.02 Å². The van der Waals surface area contributed by atoms with Gasteiger partial charge in [-0.3, -0.25) is 4.79 Å². The second-order valence-corrected chi connectivity index (χ2v) is 5.92. The van der Waals surface area contributed by atoms with Crippen molar-refractivity contribution in [2.75, 3.05) is 26.7 Å². The third-order valence-corrected chi connectivity index (χ3v) is 4.33. The molecule has 1 saturated heterocycles. The number of carbonyl (C=O) groups is 1. The zero-order chi connectivity index (χ0) is 15.2. The Morgan fingerprint density at radius 1 is 1.50 bits per heavy atom. The van der Waals surface area contributed by atoms with Crippen molar-refractivity contribution in [3.8, 4) is 5.75 Å². The fraction of sp³-hybridized carbons (Fsp3) is 0.562. The highest BCUT2D eigenvalue weighted by Crippen LogP contribution is 2.21. The summed E-state index contributed by atoms with van der Waals surface area (Å²) in [7, 11) is 1.89. The standard InChI is InChI=1S/C16H23ClN2O2.ClH/c1-12-10-14(5-6-15(12)17)21-9-3-4-16(20)19(2)13-7-8-18-11-13;/h5-6,10,13,18H,3-4,7-9,11H2,1-2H3;1H. The summed E-state index contributed by atoms with van der Waals surface area (Å²) in [5, 5.41) is 4.02. The van der Waals surface area contributed by atoms with Crippen LogP contribution >= 0.6 is 24.0 Å². The van der Waals surface area contributed by atoms with E-state index in [0.717, 1.165) is 42.3 Å². The van der Waals surface area contributed by atoms with E-state index in [2.05, 4.69) is 5.32 Å². The van der Waals surface area contributed by atoms with Crippen molar-refractivity contribution in [3.63, 3.8) is 0 Å². The molecule has 1 atom stereocenters. The molecule has 1 fully saturated rings. The number of hydrogen-bond donors (Lipinski definition) is 1. The fourth-order valence-corrected chi connectivity index (χ4v) is 2.59. The van der Waals surface area contributed by atoms with Crippen molar-refractivity contribution in [1.29, 1.82) is 0 Å². The number of likely N-dealkylation sites (N-methyl/N-ethyl adjacent to an activating group) is 1. The van der Waals surface area contributed by atoms with Crippen molar-refractivity contribution in [3.05, 3.63) is 28.8 Å². The molecule has 2 rings (SSSR count). The minimum Gasteiger partial charge on any atom is -0.494 e. The quantitative estimate of drug-likeness (QED) is 0.805. The Kier molecular flexibility index (Phi) is 8.01. The molecule has 6 heteroatoms. The summed E-state index contributed by atoms with van der Waals surface area (Å²) in [4.78, 5) is 13.9. The molecule has 0 saturated carbocycles. The van der Waals surface area contributed by atoms with Crippen molar-refractivity contribution >= 4 is 29.9 Å². The van der Waals surface area contributed by atoms with Crippen molar-refractivity contribution in [2.24, 2.45) is 0 Å². The lowest BCUT2D eigenvalue weighted by atomic mass is 10.2. The second kappa shape index (κ2) is 9.23. The van der Waals surface area contributed by atoms with E-state index < -0.39 is 0 Å². The maximum atomic E-state index is 12.1. The van der Waals surface area contributed by atoms with Gasteiger partial charge in [0.1, 0.15) is 5.75 Å². The maximum Gasteiger partial charge on any atom is 0.222 e. The SMILES string of the molecule is Cc1cc(OCCCC(=O)N(C)C2CCNC2)ccc1Cl.Cl. The van der Waals surface area contributed by atoms with Crippen LogP contribution in [0.1, 0.15) is 24.8 Å². The Morgan fingerprint density at radius 3 is 2.91 bits per heavy atom. The summed E-state index contributed by atoms with van der Waals surface area (Å²) >= 11 is 5.97. The van der Waals surface area contributed by atoms with Crippen molar-refractivity contribution < 1.29 is 9.53 Å². The monoisotopic (exact) mass is 346 g/mol. The first-order valence-electron chi connectivity index (χ1n) is 7.43. The maximum absolute atomic E-state index is 12.1. The summed E-state index contributed by atoms with van der Waals surface area (Å²) in [6.07, 6.45) is 2.30. The molecule has 1 aromatic carbocycles. The highest BCUT2D eigenvalue weighted by atomic mass is 35.5. The van der Waals surface area contributed by atoms with Gasteiger partial charge < -0.3 is 15.0 Å². The van der Waals surface area contributed by atoms with Crippen LogP contribution in [0, 0.1) is 6.92 Å². The third-order valence-electron chi connectivity index (χ3n) is 3.91. The number of carbonyl (C=O) groups excluding carboxylic acids is 1. The summed E-state index contributed by atoms with van der Waals surface area (Å²) in [6, 6.07) is 5.95. The largest absolute Gasteiger partial charge is 0.494 e. The van der Waals surface area contributed by atoms with Gasteiger partial charge in [0.2, 0.25) is 5.91 Å². The summed E-state index contributed by atoms with van der Waals surface area (Å²) in [5.41, 5.74) is 0.999. The summed E-state index contributed by atoms with van der Waals surface area (Å²) in [6.45, 7) is 4.40. The smallest absolute Gasteiger partial charge is 0.222 e. The molecule has 1 heterocycles. The molecular weight excluding hydrogens is 323 g/mol. The molecular formula is C16H24Cl2N2O2. The van der Waals surface area contributed by atoms with Gasteiger partial charge in [0.25, 0.3) is 0 Å². The van der Waals surface area contributed by atoms with Gasteiger partial charge in [-0.2, -0.15) is 0 Å². The van der Waals surface area contributed by atoms with Crippen LogP contribution in [0.5, 0.6) is 5.75 Å². The minimum atomic E-state index is 0. The van der Waals surface area contributed by atoms with Crippen LogP contribution in [-0.4, -0.2) is 43.6 Å². The third kappa shape index (κ3) is 5.34. The minimum absolute atomic E-state index is 0. The molecule has 0 bridgehead atoms. The van der Waals surface area contributed by atoms with Crippen LogP contribution in [-0.2, 0) is 4.79 Å². The number of nitrogens with zero attached hydrogens (tertiary/aromatic N) is 1. The topological polar surface area (TPSA) is 41.6 Å². The van der Waals surface area contributed by atoms with Gasteiger partial charge in [-0.1, -0.05) is 11.6 Å². The average Bonchev–Trinajstić information content (AvgIpc) is 3.00. The van der Waals surface area contributed by atoms with Crippen LogP contribution < -0.4 is 10.1 Å². The number of nitrogens with one attached hydrogen (secondary N) is 1. The number of benzene rings is 1. The number of aryl methyl sites for hydroxylation is 1. The Balaban J connectivity index is 0.00000242. The van der Waals surface area contributed by atoms with Gasteiger partial charge in [0, 0.05) is 31.1 Å². The molecule has 1 aromatic rings. The first-order valence-corrected chi connectivity index (χ1v) is 7.81. The fourth-order valence-electron chi connectivity index (χ4n) is 2.47. The van der Waals surface area contributed by atoms with Gasteiger partial charge in [-0.05, 0) is 50.1 Å². The van der Waals surface area contributed by atoms with E-state index in [-0.39, 0.29) is 18.3 Å². The predicted octanol–water partition coefficient (Wildman–Crippen LogP) is 3.05. The average molecular weight is 347 g/mol. The Labute approximate surface area is 143 Å². The van der Waals surface area contributed by atoms with E-state index in [1.165, 1.54) is 0 Å². The zero-order valence-electron chi connectivity index (χ0n) is 13.1. The van der Waals surface area contributed by atoms with E-state index in [0.29, 0.717) is 19.1 Å². The molecule has 1 aliphatic rings. The molecule has 1 N–H and O–H groups in total. The van der Waals surface area contributed by atoms with Crippen molar-refractivity contribution in [2.45, 2.75) is 32.2 Å². The predicted molar refractivity (Wildman–Crippen MR) is 92.2 cm³/mol. The molecule has 4 nitrogen and oxygen atoms in total. The number of ether oxygens (including phenoxy) is 1. The molecule has 0 radical (unpaired) electrons. The number of hydrogen-bond acceptors (Lipinski definition) is 3. The second-order valence-electron chi connectivity index (χ2n) is 5.51. The molecule has 0 aliphatic carbocycles. The Bertz CT molecular complexity index is 491. The van der Waals surface area contributed by atoms with Gasteiger partial charge in [-0.25, -0.2) is 0 Å². The van der Waals surface area contributed by atoms with Gasteiger partial charge >= 0.3 is 0 Å². The van der Waals surface area contributed by atoms with E-state index in [1.54, 1.807) is 0 Å². The van der Waals surface area contributed by atoms with Crippen molar-refractivity contribution in [1.82, 2.24) is 10.2 Å². The summed E-state index contributed by atoms with van der Waals surface area (Å²) in [5.74, 6) is 0.997. The molecule has 0 spiro atoms. The molecule has 22 heavy (non-hydrogen) atoms. The lowest BCUT2D eigenvalue weighted by molar-refractivity contribution is -0.131. The molecule has 1 unspecified atom stereocenters. The molecule has 0 aromatic heterocycles. The van der Waals surface area contributed by atoms with E-state index >= 15 is 0 Å². The molecule has 124 valence electrons. The van der Waals surface area contributed by atoms with Crippen LogP contribution in [0.3, 0.4) is 0 Å². The Morgan fingerprint density at radius 2 is 2.27 bits per heavy atom. The Hall–Kier alpha value is -0.970. The van der Waals surface area contributed by atoms with Gasteiger partial charge in [0.15, 0.2) is 0 Å². The lowest BCUT2D eigenvalue weighted by Crippen LogP contribution is -2.38. The van der Waals surface area contributed by atoms with Gasteiger partial charge in [0.05, 0.1) is 6.61 Å². The number of rotatable bonds is 6. The van der Waals surface area contributed by atoms with Crippen LogP contribution in [0.15, 0.2) is 18.2 Å². The van der Waals surface area contributed by atoms with Crippen LogP contribution in [0.25, 0.3) is 0 Å². The zero-order valence-corrected chi connectivity index (χ0v) is 14.7. The van der Waals surface area contributed by atoms with Gasteiger partial charge in [-0.15, -0.1) is 12.4 Å². The number of amides is 1. The molecule has 1 aliphatic heterocycles. The highest BCUT2D eigenvalue weighted by Gasteiger charge is 2.22. The van der Waals surface area contributed by atoms with E-state index in [4.69, 9.17) is 16.3 Å². The first-order chi connectivity index (χ1) is 10.1. The van der Waals surface area contributed by atoms with Crippen LogP contribution in [0.4, 0.5) is 0 Å². The normalized spacial score (nSPS) is 17.0. The highest BCUT2D eigenvalue weighted by molar-refractivity contribution is 6.31. The first kappa shape index (κ1) is 19.1. The summed E-state index contributed by atoms with van der Waals surface area (Å²) < 4.78 is 5.66.